The highest BCUT2D eigenvalue weighted by atomic mass is 35.5. The third kappa shape index (κ3) is 8.41. The molecule has 0 aliphatic carbocycles. The SMILES string of the molecule is CCOC(=O)C1=C(COCCOCCN(C)Cc2ccccc2)NC(C)=C(C(=O)OC)[C@@H]1c1ccccc1Cl. The third-order valence-electron chi connectivity index (χ3n) is 6.29. The number of methoxy groups -OCH3 is 1. The molecule has 0 saturated heterocycles. The van der Waals surface area contributed by atoms with Crippen molar-refractivity contribution in [3.63, 3.8) is 0 Å². The number of dihydropyridines is 1. The lowest BCUT2D eigenvalue weighted by Gasteiger charge is -2.31. The molecule has 1 aliphatic heterocycles. The summed E-state index contributed by atoms with van der Waals surface area (Å²) in [6.07, 6.45) is 0. The molecule has 0 unspecified atom stereocenters. The first-order valence-electron chi connectivity index (χ1n) is 13.0. The van der Waals surface area contributed by atoms with Crippen LogP contribution in [0.4, 0.5) is 0 Å². The number of allylic oxidation sites excluding steroid dienone is 1. The van der Waals surface area contributed by atoms with E-state index < -0.39 is 17.9 Å². The molecular formula is C30H37ClN2O6. The van der Waals surface area contributed by atoms with Crippen LogP contribution in [0.3, 0.4) is 0 Å². The van der Waals surface area contributed by atoms with Crippen molar-refractivity contribution in [1.29, 1.82) is 0 Å². The van der Waals surface area contributed by atoms with Crippen molar-refractivity contribution in [2.45, 2.75) is 26.3 Å². The minimum absolute atomic E-state index is 0.0954. The van der Waals surface area contributed by atoms with E-state index >= 15 is 0 Å². The monoisotopic (exact) mass is 556 g/mol. The summed E-state index contributed by atoms with van der Waals surface area (Å²) < 4.78 is 22.1. The molecule has 0 amide bonds. The van der Waals surface area contributed by atoms with Crippen molar-refractivity contribution in [3.05, 3.63) is 93.3 Å². The molecule has 2 aromatic rings. The number of halogens is 1. The van der Waals surface area contributed by atoms with Crippen LogP contribution >= 0.6 is 11.6 Å². The van der Waals surface area contributed by atoms with Gasteiger partial charge in [0.2, 0.25) is 0 Å². The van der Waals surface area contributed by atoms with Crippen LogP contribution in [0, 0.1) is 0 Å². The number of rotatable bonds is 14. The Hall–Kier alpha value is -3.17. The lowest BCUT2D eigenvalue weighted by molar-refractivity contribution is -0.139. The second-order valence-corrected chi connectivity index (χ2v) is 9.52. The van der Waals surface area contributed by atoms with Gasteiger partial charge in [-0.2, -0.15) is 0 Å². The van der Waals surface area contributed by atoms with Gasteiger partial charge in [0, 0.05) is 23.8 Å². The molecule has 210 valence electrons. The van der Waals surface area contributed by atoms with Crippen LogP contribution in [-0.4, -0.2) is 70.6 Å². The fourth-order valence-electron chi connectivity index (χ4n) is 4.45. The van der Waals surface area contributed by atoms with E-state index in [2.05, 4.69) is 29.4 Å². The Kier molecular flexibility index (Phi) is 12.0. The lowest BCUT2D eigenvalue weighted by atomic mass is 9.80. The zero-order chi connectivity index (χ0) is 28.2. The Morgan fingerprint density at radius 3 is 2.33 bits per heavy atom. The summed E-state index contributed by atoms with van der Waals surface area (Å²) in [6.45, 7) is 6.69. The number of esters is 2. The van der Waals surface area contributed by atoms with Gasteiger partial charge in [-0.3, -0.25) is 4.90 Å². The number of likely N-dealkylation sites (N-methyl/N-ethyl adjacent to an activating group) is 1. The zero-order valence-electron chi connectivity index (χ0n) is 23.0. The van der Waals surface area contributed by atoms with Crippen molar-refractivity contribution in [2.24, 2.45) is 0 Å². The first kappa shape index (κ1) is 30.4. The molecule has 9 heteroatoms. The minimum Gasteiger partial charge on any atom is -0.466 e. The van der Waals surface area contributed by atoms with Gasteiger partial charge >= 0.3 is 11.9 Å². The summed E-state index contributed by atoms with van der Waals surface area (Å²) in [5.41, 5.74) is 3.47. The van der Waals surface area contributed by atoms with Gasteiger partial charge in [0.15, 0.2) is 0 Å². The molecule has 39 heavy (non-hydrogen) atoms. The normalized spacial score (nSPS) is 15.4. The van der Waals surface area contributed by atoms with Crippen molar-refractivity contribution < 1.29 is 28.5 Å². The van der Waals surface area contributed by atoms with Gasteiger partial charge in [-0.05, 0) is 38.1 Å². The van der Waals surface area contributed by atoms with Crippen LogP contribution in [0.25, 0.3) is 0 Å². The molecular weight excluding hydrogens is 520 g/mol. The topological polar surface area (TPSA) is 86.3 Å². The maximum absolute atomic E-state index is 13.2. The molecule has 8 nitrogen and oxygen atoms in total. The van der Waals surface area contributed by atoms with E-state index in [1.54, 1.807) is 38.1 Å². The predicted octanol–water partition coefficient (Wildman–Crippen LogP) is 4.46. The molecule has 0 spiro atoms. The molecule has 0 aromatic heterocycles. The number of ether oxygens (including phenoxy) is 4. The quantitative estimate of drug-likeness (QED) is 0.270. The number of hydrogen-bond donors (Lipinski definition) is 1. The van der Waals surface area contributed by atoms with E-state index in [0.717, 1.165) is 13.1 Å². The van der Waals surface area contributed by atoms with E-state index in [4.69, 9.17) is 30.5 Å². The molecule has 3 rings (SSSR count). The zero-order valence-corrected chi connectivity index (χ0v) is 23.8. The predicted molar refractivity (Wildman–Crippen MR) is 150 cm³/mol. The van der Waals surface area contributed by atoms with Gasteiger partial charge in [-0.15, -0.1) is 0 Å². The van der Waals surface area contributed by atoms with Crippen molar-refractivity contribution >= 4 is 23.5 Å². The molecule has 2 aromatic carbocycles. The Labute approximate surface area is 235 Å². The van der Waals surface area contributed by atoms with Crippen LogP contribution < -0.4 is 5.32 Å². The summed E-state index contributed by atoms with van der Waals surface area (Å²) in [5.74, 6) is -1.89. The highest BCUT2D eigenvalue weighted by Crippen LogP contribution is 2.41. The molecule has 1 atom stereocenters. The number of hydrogen-bond acceptors (Lipinski definition) is 8. The Bertz CT molecular complexity index is 1180. The average molecular weight is 557 g/mol. The highest BCUT2D eigenvalue weighted by molar-refractivity contribution is 6.31. The molecule has 0 saturated carbocycles. The van der Waals surface area contributed by atoms with Crippen LogP contribution in [-0.2, 0) is 35.1 Å². The Balaban J connectivity index is 1.66. The molecule has 1 aliphatic rings. The third-order valence-corrected chi connectivity index (χ3v) is 6.64. The maximum atomic E-state index is 13.2. The van der Waals surface area contributed by atoms with Gasteiger partial charge in [-0.1, -0.05) is 60.1 Å². The van der Waals surface area contributed by atoms with Crippen molar-refractivity contribution in [1.82, 2.24) is 10.2 Å². The molecule has 1 N–H and O–H groups in total. The minimum atomic E-state index is -0.776. The molecule has 0 fully saturated rings. The first-order valence-corrected chi connectivity index (χ1v) is 13.3. The largest absolute Gasteiger partial charge is 0.466 e. The average Bonchev–Trinajstić information content (AvgIpc) is 2.92. The van der Waals surface area contributed by atoms with E-state index in [0.29, 0.717) is 47.4 Å². The standard InChI is InChI=1S/C30H37ClN2O6/c1-5-39-30(35)28-25(20-38-18-17-37-16-15-33(3)19-22-11-7-6-8-12-22)32-21(2)26(29(34)36-4)27(28)23-13-9-10-14-24(23)31/h6-14,27,32H,5,15-20H2,1-4H3/t27-/m0/s1. The molecule has 0 bridgehead atoms. The van der Waals surface area contributed by atoms with Crippen LogP contribution in [0.5, 0.6) is 0 Å². The fourth-order valence-corrected chi connectivity index (χ4v) is 4.69. The summed E-state index contributed by atoms with van der Waals surface area (Å²) >= 11 is 6.53. The van der Waals surface area contributed by atoms with Crippen LogP contribution in [0.2, 0.25) is 5.02 Å². The summed E-state index contributed by atoms with van der Waals surface area (Å²) in [7, 11) is 3.36. The fraction of sp³-hybridized carbons (Fsp3) is 0.400. The van der Waals surface area contributed by atoms with Gasteiger partial charge in [-0.25, -0.2) is 9.59 Å². The van der Waals surface area contributed by atoms with E-state index in [9.17, 15) is 9.59 Å². The van der Waals surface area contributed by atoms with E-state index in [-0.39, 0.29) is 18.8 Å². The Morgan fingerprint density at radius 1 is 0.949 bits per heavy atom. The second kappa shape index (κ2) is 15.4. The van der Waals surface area contributed by atoms with Crippen molar-refractivity contribution in [2.75, 3.05) is 53.7 Å². The Morgan fingerprint density at radius 2 is 1.64 bits per heavy atom. The highest BCUT2D eigenvalue weighted by Gasteiger charge is 2.39. The summed E-state index contributed by atoms with van der Waals surface area (Å²) in [4.78, 5) is 28.2. The van der Waals surface area contributed by atoms with Gasteiger partial charge < -0.3 is 24.3 Å². The maximum Gasteiger partial charge on any atom is 0.336 e. The number of carbonyl (C=O) groups excluding carboxylic acids is 2. The number of benzene rings is 2. The van der Waals surface area contributed by atoms with Crippen LogP contribution in [0.1, 0.15) is 30.9 Å². The van der Waals surface area contributed by atoms with Crippen LogP contribution in [0.15, 0.2) is 77.1 Å². The second-order valence-electron chi connectivity index (χ2n) is 9.11. The molecule has 0 radical (unpaired) electrons. The number of nitrogens with one attached hydrogen (secondary N) is 1. The smallest absolute Gasteiger partial charge is 0.336 e. The summed E-state index contributed by atoms with van der Waals surface area (Å²) in [5, 5.41) is 3.59. The van der Waals surface area contributed by atoms with Gasteiger partial charge in [0.05, 0.1) is 62.9 Å². The van der Waals surface area contributed by atoms with Gasteiger partial charge in [0.1, 0.15) is 0 Å². The number of carbonyl (C=O) groups is 2. The van der Waals surface area contributed by atoms with Gasteiger partial charge in [0.25, 0.3) is 0 Å². The summed E-state index contributed by atoms with van der Waals surface area (Å²) in [6, 6.07) is 17.4. The first-order chi connectivity index (χ1) is 18.9. The van der Waals surface area contributed by atoms with Crippen molar-refractivity contribution in [3.8, 4) is 0 Å². The molecule has 1 heterocycles. The van der Waals surface area contributed by atoms with E-state index in [1.807, 2.05) is 18.2 Å². The number of nitrogens with zero attached hydrogens (tertiary/aromatic N) is 1. The van der Waals surface area contributed by atoms with E-state index in [1.165, 1.54) is 12.7 Å². The lowest BCUT2D eigenvalue weighted by Crippen LogP contribution is -2.35.